The summed E-state index contributed by atoms with van der Waals surface area (Å²) >= 11 is 0. The number of fused-ring (bicyclic) bond motifs is 3. The van der Waals surface area contributed by atoms with Gasteiger partial charge in [-0.25, -0.2) is 0 Å². The van der Waals surface area contributed by atoms with Crippen LogP contribution in [0.1, 0.15) is 106 Å². The van der Waals surface area contributed by atoms with Crippen LogP contribution >= 0.6 is 0 Å². The van der Waals surface area contributed by atoms with E-state index >= 15 is 0 Å². The zero-order chi connectivity index (χ0) is 21.7. The summed E-state index contributed by atoms with van der Waals surface area (Å²) in [5, 5.41) is 12.9. The number of hydrogen-bond acceptors (Lipinski definition) is 3. The molecule has 160 valence electrons. The highest BCUT2D eigenvalue weighted by molar-refractivity contribution is 6.02. The highest BCUT2D eigenvalue weighted by Crippen LogP contribution is 2.53. The Labute approximate surface area is 181 Å². The van der Waals surface area contributed by atoms with Gasteiger partial charge in [0.15, 0.2) is 5.78 Å². The summed E-state index contributed by atoms with van der Waals surface area (Å²) in [6.07, 6.45) is 7.74. The Balaban J connectivity index is 2.02. The minimum absolute atomic E-state index is 0.104. The summed E-state index contributed by atoms with van der Waals surface area (Å²) in [7, 11) is 0. The minimum atomic E-state index is -0.104. The van der Waals surface area contributed by atoms with Gasteiger partial charge in [-0.1, -0.05) is 76.4 Å². The van der Waals surface area contributed by atoms with E-state index in [1.165, 1.54) is 35.1 Å². The predicted octanol–water partition coefficient (Wildman–Crippen LogP) is 7.51. The smallest absolute Gasteiger partial charge is 0.162 e. The molecule has 0 amide bonds. The molecule has 3 rings (SSSR count). The number of nitrogens with zero attached hydrogens (tertiary/aromatic N) is 1. The Bertz CT molecular complexity index is 938. The van der Waals surface area contributed by atoms with Crippen LogP contribution in [-0.2, 0) is 5.41 Å². The molecule has 3 heteroatoms. The number of hydrogen-bond donors (Lipinski definition) is 1. The minimum Gasteiger partial charge on any atom is -0.411 e. The molecule has 2 aromatic carbocycles. The molecule has 0 bridgehead atoms. The monoisotopic (exact) mass is 405 g/mol. The molecule has 3 nitrogen and oxygen atoms in total. The lowest BCUT2D eigenvalue weighted by Crippen LogP contribution is -2.24. The molecule has 1 aliphatic rings. The van der Waals surface area contributed by atoms with Crippen LogP contribution in [0.2, 0.25) is 0 Å². The molecule has 0 spiro atoms. The maximum Gasteiger partial charge on any atom is 0.162 e. The molecule has 0 aliphatic heterocycles. The van der Waals surface area contributed by atoms with Gasteiger partial charge >= 0.3 is 0 Å². The lowest BCUT2D eigenvalue weighted by molar-refractivity contribution is 0.0979. The molecule has 0 saturated heterocycles. The second kappa shape index (κ2) is 9.59. The number of oxime groups is 1. The van der Waals surface area contributed by atoms with Crippen LogP contribution in [-0.4, -0.2) is 16.7 Å². The van der Waals surface area contributed by atoms with E-state index in [1.54, 1.807) is 0 Å². The number of benzene rings is 2. The van der Waals surface area contributed by atoms with Crippen molar-refractivity contribution in [3.8, 4) is 11.1 Å². The molecule has 0 atom stereocenters. The van der Waals surface area contributed by atoms with Gasteiger partial charge in [-0.2, -0.15) is 0 Å². The van der Waals surface area contributed by atoms with Crippen LogP contribution in [0, 0.1) is 0 Å². The van der Waals surface area contributed by atoms with Crippen molar-refractivity contribution < 1.29 is 10.0 Å². The molecule has 0 fully saturated rings. The van der Waals surface area contributed by atoms with Gasteiger partial charge in [0.05, 0.1) is 5.71 Å². The van der Waals surface area contributed by atoms with Gasteiger partial charge in [-0.3, -0.25) is 4.79 Å². The fourth-order valence-electron chi connectivity index (χ4n) is 5.05. The number of unbranched alkanes of at least 4 members (excludes halogenated alkanes) is 3. The molecule has 2 aromatic rings. The number of rotatable bonds is 10. The Morgan fingerprint density at radius 2 is 1.47 bits per heavy atom. The highest BCUT2D eigenvalue weighted by atomic mass is 16.4. The van der Waals surface area contributed by atoms with Crippen molar-refractivity contribution in [1.29, 1.82) is 0 Å². The second-order valence-corrected chi connectivity index (χ2v) is 8.44. The maximum atomic E-state index is 12.8. The fraction of sp³-hybridized carbons (Fsp3) is 0.481. The highest BCUT2D eigenvalue weighted by Gasteiger charge is 2.41. The first-order chi connectivity index (χ1) is 14.6. The standard InChI is InChI=1S/C27H35NO2/c1-5-9-10-11-12-26(29)20-14-16-22-21-15-13-19(25(6-2)28-30)17-23(21)27(7-3,8-4)24(22)18-20/h13-18,30H,5-12H2,1-4H3. The van der Waals surface area contributed by atoms with Crippen LogP contribution in [0.4, 0.5) is 0 Å². The molecular formula is C27H35NO2. The summed E-state index contributed by atoms with van der Waals surface area (Å²) in [5.41, 5.74) is 7.47. The molecule has 1 aliphatic carbocycles. The Morgan fingerprint density at radius 3 is 2.00 bits per heavy atom. The molecule has 30 heavy (non-hydrogen) atoms. The van der Waals surface area contributed by atoms with Crippen LogP contribution < -0.4 is 0 Å². The van der Waals surface area contributed by atoms with E-state index < -0.39 is 0 Å². The van der Waals surface area contributed by atoms with E-state index in [4.69, 9.17) is 0 Å². The van der Waals surface area contributed by atoms with Gasteiger partial charge in [0.1, 0.15) is 0 Å². The third kappa shape index (κ3) is 3.82. The van der Waals surface area contributed by atoms with E-state index in [0.29, 0.717) is 18.6 Å². The van der Waals surface area contributed by atoms with E-state index in [0.717, 1.165) is 36.8 Å². The van der Waals surface area contributed by atoms with Crippen molar-refractivity contribution in [1.82, 2.24) is 0 Å². The maximum absolute atomic E-state index is 12.8. The predicted molar refractivity (Wildman–Crippen MR) is 125 cm³/mol. The molecule has 0 heterocycles. The van der Waals surface area contributed by atoms with E-state index in [1.807, 2.05) is 13.0 Å². The van der Waals surface area contributed by atoms with Crippen molar-refractivity contribution in [3.05, 3.63) is 58.7 Å². The molecule has 0 aromatic heterocycles. The first kappa shape index (κ1) is 22.3. The quantitative estimate of drug-likeness (QED) is 0.146. The second-order valence-electron chi connectivity index (χ2n) is 8.44. The lowest BCUT2D eigenvalue weighted by atomic mass is 9.73. The van der Waals surface area contributed by atoms with E-state index in [-0.39, 0.29) is 11.2 Å². The fourth-order valence-corrected chi connectivity index (χ4v) is 5.05. The number of carbonyl (C=O) groups excluding carboxylic acids is 1. The Hall–Kier alpha value is -2.42. The van der Waals surface area contributed by atoms with E-state index in [2.05, 4.69) is 56.3 Å². The third-order valence-corrected chi connectivity index (χ3v) is 6.94. The summed E-state index contributed by atoms with van der Waals surface area (Å²) in [6, 6.07) is 12.7. The third-order valence-electron chi connectivity index (χ3n) is 6.94. The van der Waals surface area contributed by atoms with Gasteiger partial charge in [0, 0.05) is 17.4 Å². The average Bonchev–Trinajstić information content (AvgIpc) is 3.06. The first-order valence-corrected chi connectivity index (χ1v) is 11.6. The Morgan fingerprint density at radius 1 is 0.867 bits per heavy atom. The number of ketones is 1. The van der Waals surface area contributed by atoms with Crippen LogP contribution in [0.25, 0.3) is 11.1 Å². The molecule has 0 unspecified atom stereocenters. The summed E-state index contributed by atoms with van der Waals surface area (Å²) in [5.74, 6) is 0.257. The van der Waals surface area contributed by atoms with Gasteiger partial charge in [-0.05, 0) is 65.6 Å². The van der Waals surface area contributed by atoms with Gasteiger partial charge < -0.3 is 5.21 Å². The van der Waals surface area contributed by atoms with Crippen LogP contribution in [0.15, 0.2) is 41.6 Å². The van der Waals surface area contributed by atoms with Crippen molar-refractivity contribution >= 4 is 11.5 Å². The number of Topliss-reactive ketones (excluding diaryl/α,β-unsaturated/α-hetero) is 1. The summed E-state index contributed by atoms with van der Waals surface area (Å²) in [6.45, 7) is 8.66. The summed E-state index contributed by atoms with van der Waals surface area (Å²) in [4.78, 5) is 12.8. The molecule has 1 N–H and O–H groups in total. The van der Waals surface area contributed by atoms with Crippen molar-refractivity contribution in [2.75, 3.05) is 0 Å². The van der Waals surface area contributed by atoms with Gasteiger partial charge in [-0.15, -0.1) is 0 Å². The van der Waals surface area contributed by atoms with E-state index in [9.17, 15) is 10.0 Å². The van der Waals surface area contributed by atoms with Crippen molar-refractivity contribution in [2.45, 2.75) is 84.5 Å². The Kier molecular flexibility index (Phi) is 7.12. The first-order valence-electron chi connectivity index (χ1n) is 11.6. The molecular weight excluding hydrogens is 370 g/mol. The van der Waals surface area contributed by atoms with Crippen molar-refractivity contribution in [2.24, 2.45) is 5.16 Å². The van der Waals surface area contributed by atoms with Crippen molar-refractivity contribution in [3.63, 3.8) is 0 Å². The zero-order valence-electron chi connectivity index (χ0n) is 18.9. The average molecular weight is 406 g/mol. The SMILES string of the molecule is CCCCCCC(=O)c1ccc2c(c1)C(CC)(CC)c1cc(C(CC)=NO)ccc1-2. The topological polar surface area (TPSA) is 49.7 Å². The van der Waals surface area contributed by atoms with Crippen LogP contribution in [0.3, 0.4) is 0 Å². The van der Waals surface area contributed by atoms with Gasteiger partial charge in [0.2, 0.25) is 0 Å². The normalized spacial score (nSPS) is 14.5. The lowest BCUT2D eigenvalue weighted by Gasteiger charge is -2.30. The zero-order valence-corrected chi connectivity index (χ0v) is 18.9. The number of carbonyl (C=O) groups is 1. The molecule has 0 radical (unpaired) electrons. The molecule has 0 saturated carbocycles. The van der Waals surface area contributed by atoms with Crippen LogP contribution in [0.5, 0.6) is 0 Å². The largest absolute Gasteiger partial charge is 0.411 e. The summed E-state index contributed by atoms with van der Waals surface area (Å²) < 4.78 is 0. The van der Waals surface area contributed by atoms with Gasteiger partial charge in [0.25, 0.3) is 0 Å².